The fourth-order valence-corrected chi connectivity index (χ4v) is 6.63. The van der Waals surface area contributed by atoms with E-state index in [2.05, 4.69) is 20.3 Å². The lowest BCUT2D eigenvalue weighted by atomic mass is 10.1. The van der Waals surface area contributed by atoms with Crippen molar-refractivity contribution in [2.45, 2.75) is 44.3 Å². The summed E-state index contributed by atoms with van der Waals surface area (Å²) in [4.78, 5) is 66.1. The maximum absolute atomic E-state index is 13.6. The molecule has 202 valence electrons. The standard InChI is InChI=1S/C26H26N6O6S/c1-2-6-19(30-24(34)20-14-28-17-8-3-4-9-18(17)29-20)25(35)31-12-10-21-23(31)22(33)15-32(21)39(37,38)26(36)16-7-5-11-27-13-16/h3-5,7-9,11,13-14,19,21,23H,2,6,10,12,15H2,1H3,(H,30,34). The molecule has 2 fully saturated rings. The van der Waals surface area contributed by atoms with Crippen LogP contribution in [0, 0.1) is 0 Å². The van der Waals surface area contributed by atoms with Gasteiger partial charge >= 0.3 is 0 Å². The molecule has 0 spiro atoms. The highest BCUT2D eigenvalue weighted by Gasteiger charge is 2.55. The number of nitrogens with one attached hydrogen (secondary N) is 1. The summed E-state index contributed by atoms with van der Waals surface area (Å²) in [5.74, 6) is -1.55. The number of sulfonamides is 1. The number of carbonyl (C=O) groups is 4. The van der Waals surface area contributed by atoms with E-state index in [1.807, 2.05) is 13.0 Å². The zero-order chi connectivity index (χ0) is 27.7. The predicted molar refractivity (Wildman–Crippen MR) is 139 cm³/mol. The molecule has 3 aromatic rings. The molecule has 1 aromatic carbocycles. The summed E-state index contributed by atoms with van der Waals surface area (Å²) in [5, 5.41) is 1.56. The lowest BCUT2D eigenvalue weighted by Gasteiger charge is -2.28. The molecule has 3 atom stereocenters. The Morgan fingerprint density at radius 3 is 2.59 bits per heavy atom. The average molecular weight is 551 g/mol. The van der Waals surface area contributed by atoms with Crippen LogP contribution in [0.25, 0.3) is 11.0 Å². The number of hydrogen-bond acceptors (Lipinski definition) is 9. The van der Waals surface area contributed by atoms with Crippen LogP contribution >= 0.6 is 0 Å². The molecule has 0 aliphatic carbocycles. The largest absolute Gasteiger partial charge is 0.339 e. The first-order valence-electron chi connectivity index (χ1n) is 12.5. The monoisotopic (exact) mass is 550 g/mol. The number of carbonyl (C=O) groups excluding carboxylic acids is 4. The molecule has 2 aliphatic heterocycles. The number of fused-ring (bicyclic) bond motifs is 2. The molecule has 3 unspecified atom stereocenters. The van der Waals surface area contributed by atoms with Gasteiger partial charge in [-0.15, -0.1) is 0 Å². The third-order valence-corrected chi connectivity index (χ3v) is 8.68. The zero-order valence-corrected chi connectivity index (χ0v) is 21.9. The summed E-state index contributed by atoms with van der Waals surface area (Å²) in [5.41, 5.74) is 1.09. The van der Waals surface area contributed by atoms with Gasteiger partial charge in [0.05, 0.1) is 35.4 Å². The second-order valence-electron chi connectivity index (χ2n) is 9.44. The summed E-state index contributed by atoms with van der Waals surface area (Å²) in [6, 6.07) is 7.01. The van der Waals surface area contributed by atoms with Crippen molar-refractivity contribution in [3.8, 4) is 0 Å². The van der Waals surface area contributed by atoms with E-state index in [0.29, 0.717) is 23.9 Å². The van der Waals surface area contributed by atoms with Crippen LogP contribution in [0.4, 0.5) is 0 Å². The number of pyridine rings is 1. The molecule has 39 heavy (non-hydrogen) atoms. The molecule has 2 amide bonds. The lowest BCUT2D eigenvalue weighted by Crippen LogP contribution is -2.52. The SMILES string of the molecule is CCCC(NC(=O)c1cnc2ccccc2n1)C(=O)N1CCC2C1C(=O)CN2S(=O)(=O)C(=O)c1cccnc1. The van der Waals surface area contributed by atoms with Gasteiger partial charge in [0.1, 0.15) is 17.8 Å². The van der Waals surface area contributed by atoms with E-state index >= 15 is 0 Å². The van der Waals surface area contributed by atoms with Gasteiger partial charge in [0.15, 0.2) is 5.78 Å². The first kappa shape index (κ1) is 26.5. The van der Waals surface area contributed by atoms with E-state index in [1.54, 1.807) is 18.2 Å². The number of Topliss-reactive ketones (excluding diaryl/α,β-unsaturated/α-hetero) is 1. The van der Waals surface area contributed by atoms with Crippen LogP contribution in [-0.2, 0) is 19.6 Å². The summed E-state index contributed by atoms with van der Waals surface area (Å²) >= 11 is 0. The average Bonchev–Trinajstić information content (AvgIpc) is 3.53. The van der Waals surface area contributed by atoms with Gasteiger partial charge in [-0.25, -0.2) is 13.4 Å². The van der Waals surface area contributed by atoms with Crippen LogP contribution in [0.1, 0.15) is 47.0 Å². The molecule has 0 bridgehead atoms. The van der Waals surface area contributed by atoms with Crippen molar-refractivity contribution in [2.75, 3.05) is 13.1 Å². The molecule has 1 N–H and O–H groups in total. The Morgan fingerprint density at radius 2 is 1.87 bits per heavy atom. The molecule has 0 radical (unpaired) electrons. The van der Waals surface area contributed by atoms with Gasteiger partial charge in [-0.05, 0) is 37.1 Å². The lowest BCUT2D eigenvalue weighted by molar-refractivity contribution is -0.138. The number of hydrogen-bond donors (Lipinski definition) is 1. The molecule has 2 aliphatic rings. The normalized spacial score (nSPS) is 20.1. The van der Waals surface area contributed by atoms with Crippen molar-refractivity contribution in [3.05, 3.63) is 66.2 Å². The van der Waals surface area contributed by atoms with Gasteiger partial charge in [0.2, 0.25) is 5.91 Å². The van der Waals surface area contributed by atoms with Gasteiger partial charge in [0.25, 0.3) is 21.0 Å². The van der Waals surface area contributed by atoms with E-state index in [1.165, 1.54) is 29.4 Å². The van der Waals surface area contributed by atoms with Crippen molar-refractivity contribution >= 4 is 43.8 Å². The smallest absolute Gasteiger partial charge is 0.293 e. The van der Waals surface area contributed by atoms with E-state index in [9.17, 15) is 27.6 Å². The van der Waals surface area contributed by atoms with E-state index in [-0.39, 0.29) is 24.2 Å². The van der Waals surface area contributed by atoms with E-state index < -0.39 is 57.4 Å². The summed E-state index contributed by atoms with van der Waals surface area (Å²) in [7, 11) is -4.52. The highest BCUT2D eigenvalue weighted by Crippen LogP contribution is 2.33. The van der Waals surface area contributed by atoms with Crippen molar-refractivity contribution in [1.29, 1.82) is 0 Å². The van der Waals surface area contributed by atoms with Crippen molar-refractivity contribution in [1.82, 2.24) is 29.5 Å². The highest BCUT2D eigenvalue weighted by molar-refractivity contribution is 8.04. The molecule has 2 saturated heterocycles. The molecule has 4 heterocycles. The van der Waals surface area contributed by atoms with Crippen LogP contribution in [0.5, 0.6) is 0 Å². The van der Waals surface area contributed by atoms with E-state index in [0.717, 1.165) is 10.5 Å². The number of ketones is 1. The Labute approximate surface area is 224 Å². The Morgan fingerprint density at radius 1 is 1.10 bits per heavy atom. The number of aromatic nitrogens is 3. The molecule has 5 rings (SSSR count). The number of nitrogens with zero attached hydrogens (tertiary/aromatic N) is 5. The van der Waals surface area contributed by atoms with Gasteiger partial charge in [-0.3, -0.25) is 29.1 Å². The van der Waals surface area contributed by atoms with Crippen LogP contribution in [0.15, 0.2) is 55.0 Å². The number of likely N-dealkylation sites (tertiary alicyclic amines) is 1. The molecule has 13 heteroatoms. The maximum Gasteiger partial charge on any atom is 0.293 e. The fourth-order valence-electron chi connectivity index (χ4n) is 5.12. The van der Waals surface area contributed by atoms with Crippen LogP contribution < -0.4 is 5.32 Å². The van der Waals surface area contributed by atoms with Crippen molar-refractivity contribution in [2.24, 2.45) is 0 Å². The van der Waals surface area contributed by atoms with Crippen LogP contribution in [0.2, 0.25) is 0 Å². The van der Waals surface area contributed by atoms with Gasteiger partial charge in [0, 0.05) is 18.9 Å². The quantitative estimate of drug-likeness (QED) is 0.452. The maximum atomic E-state index is 13.6. The van der Waals surface area contributed by atoms with Crippen molar-refractivity contribution < 1.29 is 27.6 Å². The molecular weight excluding hydrogens is 524 g/mol. The fraction of sp³-hybridized carbons (Fsp3) is 0.346. The van der Waals surface area contributed by atoms with Crippen LogP contribution in [-0.4, -0.2) is 86.5 Å². The Balaban J connectivity index is 1.34. The zero-order valence-electron chi connectivity index (χ0n) is 21.1. The number of para-hydroxylation sites is 2. The topological polar surface area (TPSA) is 160 Å². The summed E-state index contributed by atoms with van der Waals surface area (Å²) in [6.07, 6.45) is 4.95. The van der Waals surface area contributed by atoms with E-state index in [4.69, 9.17) is 0 Å². The predicted octanol–water partition coefficient (Wildman–Crippen LogP) is 0.948. The summed E-state index contributed by atoms with van der Waals surface area (Å²) < 4.78 is 27.2. The highest BCUT2D eigenvalue weighted by atomic mass is 32.2. The second-order valence-corrected chi connectivity index (χ2v) is 11.2. The summed E-state index contributed by atoms with van der Waals surface area (Å²) in [6.45, 7) is 1.46. The van der Waals surface area contributed by atoms with Gasteiger partial charge < -0.3 is 10.2 Å². The third kappa shape index (κ3) is 4.90. The minimum atomic E-state index is -4.52. The van der Waals surface area contributed by atoms with Gasteiger partial charge in [-0.1, -0.05) is 25.5 Å². The molecule has 12 nitrogen and oxygen atoms in total. The Bertz CT molecular complexity index is 1560. The minimum Gasteiger partial charge on any atom is -0.339 e. The third-order valence-electron chi connectivity index (χ3n) is 6.96. The van der Waals surface area contributed by atoms with Crippen molar-refractivity contribution in [3.63, 3.8) is 0 Å². The molecular formula is C26H26N6O6S. The Hall–Kier alpha value is -4.10. The Kier molecular flexibility index (Phi) is 7.19. The van der Waals surface area contributed by atoms with Gasteiger partial charge in [-0.2, -0.15) is 4.31 Å². The number of rotatable bonds is 7. The number of amides is 2. The first-order chi connectivity index (χ1) is 18.7. The molecule has 2 aromatic heterocycles. The second kappa shape index (κ2) is 10.6. The number of benzene rings is 1. The first-order valence-corrected chi connectivity index (χ1v) is 14.0. The van der Waals surface area contributed by atoms with Crippen LogP contribution in [0.3, 0.4) is 0 Å². The minimum absolute atomic E-state index is 0.0463. The molecule has 0 saturated carbocycles.